The van der Waals surface area contributed by atoms with Crippen LogP contribution >= 0.6 is 0 Å². The molecule has 8 nitrogen and oxygen atoms in total. The lowest BCUT2D eigenvalue weighted by Gasteiger charge is -2.36. The van der Waals surface area contributed by atoms with Crippen molar-refractivity contribution >= 4 is 23.3 Å². The third-order valence-electron chi connectivity index (χ3n) is 9.41. The number of nitrogens with one attached hydrogen (secondary N) is 1. The number of carbonyl (C=O) groups is 3. The van der Waals surface area contributed by atoms with Crippen LogP contribution in [0.3, 0.4) is 0 Å². The van der Waals surface area contributed by atoms with E-state index in [-0.39, 0.29) is 47.6 Å². The van der Waals surface area contributed by atoms with Crippen LogP contribution in [0.4, 0.5) is 5.69 Å². The second-order valence-corrected chi connectivity index (χ2v) is 13.0. The summed E-state index contributed by atoms with van der Waals surface area (Å²) in [5.74, 6) is -0.212. The van der Waals surface area contributed by atoms with E-state index in [4.69, 9.17) is 4.74 Å². The van der Waals surface area contributed by atoms with Crippen molar-refractivity contribution in [3.8, 4) is 0 Å². The van der Waals surface area contributed by atoms with Crippen LogP contribution in [0.15, 0.2) is 24.3 Å². The van der Waals surface area contributed by atoms with E-state index in [2.05, 4.69) is 42.8 Å². The number of ketones is 1. The number of rotatable bonds is 7. The van der Waals surface area contributed by atoms with Gasteiger partial charge in [0.15, 0.2) is 5.78 Å². The molecular formula is C31H46N4O4. The molecule has 0 radical (unpaired) electrons. The van der Waals surface area contributed by atoms with E-state index in [1.165, 1.54) is 6.42 Å². The van der Waals surface area contributed by atoms with Gasteiger partial charge in [0.2, 0.25) is 5.91 Å². The van der Waals surface area contributed by atoms with Crippen LogP contribution in [0.1, 0.15) is 70.2 Å². The van der Waals surface area contributed by atoms with Crippen LogP contribution in [-0.4, -0.2) is 91.5 Å². The number of likely N-dealkylation sites (tertiary alicyclic amines) is 1. The summed E-state index contributed by atoms with van der Waals surface area (Å²) in [4.78, 5) is 47.0. The molecule has 4 aliphatic rings. The Morgan fingerprint density at radius 2 is 1.72 bits per heavy atom. The van der Waals surface area contributed by atoms with Gasteiger partial charge in [-0.2, -0.15) is 0 Å². The molecule has 0 aromatic heterocycles. The standard InChI is InChI=1S/C31H46N4O4/c1-5-14-33-15-17-34(18-16-33)23-12-10-22(11-13-23)29(37)32-26(21-8-6-7-9-21)30(38)35-19-24(31(2,3)4)28-27(35)25(36)20-39-28/h10-13,21,24,26-28H,5-9,14-20H2,1-4H3,(H,32,37)/t24-,26+,27-,28-/m1/s1. The highest BCUT2D eigenvalue weighted by atomic mass is 16.5. The quantitative estimate of drug-likeness (QED) is 0.574. The lowest BCUT2D eigenvalue weighted by molar-refractivity contribution is -0.139. The number of fused-ring (bicyclic) bond motifs is 1. The molecular weight excluding hydrogens is 492 g/mol. The molecule has 5 rings (SSSR count). The summed E-state index contributed by atoms with van der Waals surface area (Å²) in [6, 6.07) is 6.61. The maximum absolute atomic E-state index is 14.1. The first-order valence-corrected chi connectivity index (χ1v) is 15.0. The summed E-state index contributed by atoms with van der Waals surface area (Å²) in [5.41, 5.74) is 1.59. The third kappa shape index (κ3) is 5.87. The van der Waals surface area contributed by atoms with Crippen LogP contribution in [0.5, 0.6) is 0 Å². The third-order valence-corrected chi connectivity index (χ3v) is 9.41. The van der Waals surface area contributed by atoms with Crippen molar-refractivity contribution in [2.75, 3.05) is 50.8 Å². The zero-order valence-electron chi connectivity index (χ0n) is 24.2. The predicted octanol–water partition coefficient (Wildman–Crippen LogP) is 3.35. The average Bonchev–Trinajstić information content (AvgIpc) is 3.66. The number of hydrogen-bond donors (Lipinski definition) is 1. The highest BCUT2D eigenvalue weighted by Crippen LogP contribution is 2.42. The topological polar surface area (TPSA) is 82.2 Å². The fourth-order valence-corrected chi connectivity index (χ4v) is 7.09. The highest BCUT2D eigenvalue weighted by Gasteiger charge is 2.56. The summed E-state index contributed by atoms with van der Waals surface area (Å²) >= 11 is 0. The zero-order chi connectivity index (χ0) is 27.7. The molecule has 1 N–H and O–H groups in total. The van der Waals surface area contributed by atoms with E-state index in [0.717, 1.165) is 64.1 Å². The summed E-state index contributed by atoms with van der Waals surface area (Å²) in [5, 5.41) is 3.12. The average molecular weight is 539 g/mol. The van der Waals surface area contributed by atoms with Crippen LogP contribution in [-0.2, 0) is 14.3 Å². The van der Waals surface area contributed by atoms with Gasteiger partial charge in [-0.25, -0.2) is 0 Å². The first-order valence-electron chi connectivity index (χ1n) is 15.0. The van der Waals surface area contributed by atoms with E-state index < -0.39 is 12.1 Å². The lowest BCUT2D eigenvalue weighted by atomic mass is 9.78. The van der Waals surface area contributed by atoms with Crippen LogP contribution in [0.2, 0.25) is 0 Å². The smallest absolute Gasteiger partial charge is 0.251 e. The Balaban J connectivity index is 1.29. The SMILES string of the molecule is CCCN1CCN(c2ccc(C(=O)N[C@H](C(=O)N3C[C@@H](C(C)(C)C)[C@H]4OCC(=O)[C@H]43)C3CCCC3)cc2)CC1. The molecule has 1 aliphatic carbocycles. The zero-order valence-corrected chi connectivity index (χ0v) is 24.2. The van der Waals surface area contributed by atoms with Crippen molar-refractivity contribution in [2.24, 2.45) is 17.3 Å². The normalized spacial score (nSPS) is 27.2. The molecule has 39 heavy (non-hydrogen) atoms. The maximum atomic E-state index is 14.1. The number of carbonyl (C=O) groups excluding carboxylic acids is 3. The first kappa shape index (κ1) is 28.1. The molecule has 8 heteroatoms. The first-order chi connectivity index (χ1) is 18.7. The predicted molar refractivity (Wildman–Crippen MR) is 152 cm³/mol. The number of Topliss-reactive ketones (excluding diaryl/α,β-unsaturated/α-hetero) is 1. The monoisotopic (exact) mass is 538 g/mol. The largest absolute Gasteiger partial charge is 0.369 e. The van der Waals surface area contributed by atoms with Crippen LogP contribution < -0.4 is 10.2 Å². The molecule has 3 saturated heterocycles. The Labute approximate surface area is 233 Å². The van der Waals surface area contributed by atoms with Crippen LogP contribution in [0, 0.1) is 17.3 Å². The van der Waals surface area contributed by atoms with Gasteiger partial charge in [0.1, 0.15) is 18.7 Å². The molecule has 214 valence electrons. The summed E-state index contributed by atoms with van der Waals surface area (Å²) < 4.78 is 5.91. The Kier molecular flexibility index (Phi) is 8.34. The number of nitrogens with zero attached hydrogens (tertiary/aromatic N) is 3. The van der Waals surface area contributed by atoms with Gasteiger partial charge in [-0.3, -0.25) is 19.3 Å². The van der Waals surface area contributed by atoms with E-state index in [1.54, 1.807) is 4.90 Å². The Bertz CT molecular complexity index is 1040. The van der Waals surface area contributed by atoms with Crippen LogP contribution in [0.25, 0.3) is 0 Å². The van der Waals surface area contributed by atoms with Crippen molar-refractivity contribution in [3.63, 3.8) is 0 Å². The van der Waals surface area contributed by atoms with Gasteiger partial charge in [-0.05, 0) is 61.4 Å². The van der Waals surface area contributed by atoms with E-state index >= 15 is 0 Å². The minimum absolute atomic E-state index is 0.0253. The number of benzene rings is 1. The van der Waals surface area contributed by atoms with Gasteiger partial charge in [0.05, 0.1) is 6.10 Å². The number of ether oxygens (including phenoxy) is 1. The Hall–Kier alpha value is -2.45. The molecule has 2 amide bonds. The molecule has 1 aromatic rings. The van der Waals surface area contributed by atoms with E-state index in [9.17, 15) is 14.4 Å². The number of anilines is 1. The molecule has 0 spiro atoms. The van der Waals surface area contributed by atoms with Crippen molar-refractivity contribution in [2.45, 2.75) is 78.0 Å². The lowest BCUT2D eigenvalue weighted by Crippen LogP contribution is -2.54. The van der Waals surface area contributed by atoms with Gasteiger partial charge in [-0.15, -0.1) is 0 Å². The van der Waals surface area contributed by atoms with Gasteiger partial charge in [-0.1, -0.05) is 40.5 Å². The van der Waals surface area contributed by atoms with Crippen molar-refractivity contribution in [1.29, 1.82) is 0 Å². The van der Waals surface area contributed by atoms with Gasteiger partial charge in [0, 0.05) is 49.9 Å². The van der Waals surface area contributed by atoms with E-state index in [1.807, 2.05) is 24.3 Å². The molecule has 4 fully saturated rings. The second kappa shape index (κ2) is 11.6. The number of piperazine rings is 1. The molecule has 4 atom stereocenters. The molecule has 0 bridgehead atoms. The number of amides is 2. The molecule has 1 aromatic carbocycles. The van der Waals surface area contributed by atoms with Crippen molar-refractivity contribution in [1.82, 2.24) is 15.1 Å². The van der Waals surface area contributed by atoms with Gasteiger partial charge in [0.25, 0.3) is 5.91 Å². The number of hydrogen-bond acceptors (Lipinski definition) is 6. The Morgan fingerprint density at radius 3 is 2.33 bits per heavy atom. The minimum Gasteiger partial charge on any atom is -0.369 e. The molecule has 3 heterocycles. The highest BCUT2D eigenvalue weighted by molar-refractivity contribution is 5.99. The molecule has 3 aliphatic heterocycles. The van der Waals surface area contributed by atoms with Crippen molar-refractivity contribution < 1.29 is 19.1 Å². The Morgan fingerprint density at radius 1 is 1.05 bits per heavy atom. The minimum atomic E-state index is -0.626. The molecule has 1 saturated carbocycles. The maximum Gasteiger partial charge on any atom is 0.251 e. The fraction of sp³-hybridized carbons (Fsp3) is 0.710. The molecule has 0 unspecified atom stereocenters. The van der Waals surface area contributed by atoms with Gasteiger partial charge >= 0.3 is 0 Å². The summed E-state index contributed by atoms with van der Waals surface area (Å²) in [6.07, 6.45) is 4.85. The summed E-state index contributed by atoms with van der Waals surface area (Å²) in [7, 11) is 0. The second-order valence-electron chi connectivity index (χ2n) is 13.0. The summed E-state index contributed by atoms with van der Waals surface area (Å²) in [6.45, 7) is 14.4. The fourth-order valence-electron chi connectivity index (χ4n) is 7.09. The van der Waals surface area contributed by atoms with E-state index in [0.29, 0.717) is 12.1 Å². The van der Waals surface area contributed by atoms with Crippen molar-refractivity contribution in [3.05, 3.63) is 29.8 Å². The van der Waals surface area contributed by atoms with Gasteiger partial charge < -0.3 is 19.9 Å².